The van der Waals surface area contributed by atoms with Crippen LogP contribution in [-0.4, -0.2) is 16.4 Å². The van der Waals surface area contributed by atoms with Gasteiger partial charge in [-0.1, -0.05) is 42.5 Å². The summed E-state index contributed by atoms with van der Waals surface area (Å²) in [6, 6.07) is 15.2. The monoisotopic (exact) mass is 547 g/mol. The van der Waals surface area contributed by atoms with Crippen LogP contribution in [0.4, 0.5) is 11.4 Å². The van der Waals surface area contributed by atoms with Crippen LogP contribution in [0.15, 0.2) is 52.4 Å². The van der Waals surface area contributed by atoms with E-state index in [0.29, 0.717) is 0 Å². The van der Waals surface area contributed by atoms with Crippen molar-refractivity contribution in [1.82, 2.24) is 4.98 Å². The van der Waals surface area contributed by atoms with Gasteiger partial charge in [0.05, 0.1) is 34.2 Å². The van der Waals surface area contributed by atoms with Gasteiger partial charge in [-0.15, -0.1) is 0 Å². The molecule has 6 heteroatoms. The predicted octanol–water partition coefficient (Wildman–Crippen LogP) is 8.61. The number of pyridine rings is 1. The number of fused-ring (bicyclic) bond motifs is 2. The minimum atomic E-state index is 0.194. The topological polar surface area (TPSA) is 37.6 Å². The van der Waals surface area contributed by atoms with Gasteiger partial charge in [0, 0.05) is 0 Å². The Bertz CT molecular complexity index is 1160. The predicted molar refractivity (Wildman–Crippen MR) is 146 cm³/mol. The number of hydrogen-bond acceptors (Lipinski definition) is 3. The molecule has 0 fully saturated rings. The molecule has 0 atom stereocenters. The third kappa shape index (κ3) is 5.89. The Morgan fingerprint density at radius 3 is 1.40 bits per heavy atom. The molecule has 0 bridgehead atoms. The first-order valence-corrected chi connectivity index (χ1v) is 15.1. The number of nitrogens with zero attached hydrogens (tertiary/aromatic N) is 3. The molecule has 0 radical (unpaired) electrons. The van der Waals surface area contributed by atoms with Gasteiger partial charge >= 0.3 is 33.3 Å². The van der Waals surface area contributed by atoms with Gasteiger partial charge in [0.2, 0.25) is 0 Å². The first-order valence-electron chi connectivity index (χ1n) is 12.1. The molecule has 2 aliphatic rings. The summed E-state index contributed by atoms with van der Waals surface area (Å²) >= 11 is 0.194. The number of benzene rings is 2. The number of aryl methyl sites for hydroxylation is 6. The van der Waals surface area contributed by atoms with Crippen molar-refractivity contribution in [2.24, 2.45) is 9.98 Å². The van der Waals surface area contributed by atoms with Gasteiger partial charge in [0.15, 0.2) is 0 Å². The Balaban J connectivity index is 0.000000917. The third-order valence-corrected chi connectivity index (χ3v) is 6.82. The molecule has 3 nitrogen and oxygen atoms in total. The first-order chi connectivity index (χ1) is 16.9. The summed E-state index contributed by atoms with van der Waals surface area (Å²) in [5.41, 5.74) is 14.2. The van der Waals surface area contributed by atoms with Crippen LogP contribution in [0.25, 0.3) is 0 Å². The van der Waals surface area contributed by atoms with Crippen LogP contribution in [0.1, 0.15) is 70.5 Å². The van der Waals surface area contributed by atoms with Crippen LogP contribution in [0, 0.1) is 27.7 Å². The van der Waals surface area contributed by atoms with Gasteiger partial charge in [0.25, 0.3) is 0 Å². The van der Waals surface area contributed by atoms with E-state index in [0.717, 1.165) is 72.7 Å². The van der Waals surface area contributed by atoms with E-state index < -0.39 is 0 Å². The van der Waals surface area contributed by atoms with Crippen LogP contribution in [-0.2, 0) is 26.0 Å². The van der Waals surface area contributed by atoms with Crippen molar-refractivity contribution in [3.05, 3.63) is 87.2 Å². The zero-order valence-electron chi connectivity index (χ0n) is 20.7. The maximum absolute atomic E-state index is 5.27. The molecule has 0 amide bonds. The molecule has 0 unspecified atom stereocenters. The van der Waals surface area contributed by atoms with Crippen LogP contribution < -0.4 is 0 Å². The van der Waals surface area contributed by atoms with Gasteiger partial charge in [-0.3, -0.25) is 9.98 Å². The summed E-state index contributed by atoms with van der Waals surface area (Å²) in [5.74, 6) is 0. The molecular weight excluding hydrogens is 517 g/mol. The summed E-state index contributed by atoms with van der Waals surface area (Å²) in [5, 5.41) is 0. The van der Waals surface area contributed by atoms with Crippen molar-refractivity contribution in [3.63, 3.8) is 0 Å². The fourth-order valence-electron chi connectivity index (χ4n) is 5.06. The van der Waals surface area contributed by atoms with Crippen molar-refractivity contribution >= 4 is 43.0 Å². The summed E-state index contributed by atoms with van der Waals surface area (Å²) < 4.78 is 0. The molecule has 0 spiro atoms. The van der Waals surface area contributed by atoms with E-state index in [4.69, 9.17) is 35.2 Å². The molecule has 1 heterocycles. The van der Waals surface area contributed by atoms with E-state index >= 15 is 0 Å². The second-order valence-electron chi connectivity index (χ2n) is 9.36. The second kappa shape index (κ2) is 11.8. The van der Waals surface area contributed by atoms with E-state index in [9.17, 15) is 0 Å². The maximum atomic E-state index is 5.27. The number of aromatic nitrogens is 1. The number of rotatable bonds is 2. The average Bonchev–Trinajstić information content (AvgIpc) is 2.83. The molecule has 1 aromatic heterocycles. The molecule has 0 saturated heterocycles. The molecule has 0 aliphatic heterocycles. The molecule has 2 aromatic carbocycles. The number of hydrogen-bond donors (Lipinski definition) is 0. The minimum absolute atomic E-state index is 0.194. The quantitative estimate of drug-likeness (QED) is 0.296. The van der Waals surface area contributed by atoms with Crippen LogP contribution in [0.5, 0.6) is 0 Å². The second-order valence-corrected chi connectivity index (χ2v) is 11.2. The molecule has 3 aromatic rings. The third-order valence-electron chi connectivity index (χ3n) is 6.82. The summed E-state index contributed by atoms with van der Waals surface area (Å²) in [6.45, 7) is 8.58. The molecule has 184 valence electrons. The van der Waals surface area contributed by atoms with Gasteiger partial charge in [0.1, 0.15) is 0 Å². The molecular formula is C29H31Cl2FeN3. The summed E-state index contributed by atoms with van der Waals surface area (Å²) in [6.07, 6.45) is 6.42. The summed E-state index contributed by atoms with van der Waals surface area (Å²) in [7, 11) is 9.53. The molecule has 5 rings (SSSR count). The van der Waals surface area contributed by atoms with Gasteiger partial charge < -0.3 is 0 Å². The van der Waals surface area contributed by atoms with Crippen molar-refractivity contribution in [2.45, 2.75) is 66.2 Å². The van der Waals surface area contributed by atoms with Crippen molar-refractivity contribution in [2.75, 3.05) is 0 Å². The Kier molecular flexibility index (Phi) is 8.83. The Morgan fingerprint density at radius 2 is 1.03 bits per heavy atom. The van der Waals surface area contributed by atoms with Crippen LogP contribution in [0.3, 0.4) is 0 Å². The normalized spacial score (nSPS) is 17.1. The summed E-state index contributed by atoms with van der Waals surface area (Å²) in [4.78, 5) is 15.6. The first kappa shape index (κ1) is 26.1. The van der Waals surface area contributed by atoms with Crippen molar-refractivity contribution in [3.8, 4) is 0 Å². The Morgan fingerprint density at radius 1 is 0.657 bits per heavy atom. The number of aliphatic imine (C=N–C) groups is 2. The van der Waals surface area contributed by atoms with E-state index in [-0.39, 0.29) is 13.1 Å². The fourth-order valence-corrected chi connectivity index (χ4v) is 5.06. The van der Waals surface area contributed by atoms with Gasteiger partial charge in [-0.05, 0) is 99.6 Å². The number of para-hydroxylation sites is 2. The average molecular weight is 548 g/mol. The zero-order chi connectivity index (χ0) is 24.9. The van der Waals surface area contributed by atoms with E-state index in [1.807, 2.05) is 0 Å². The van der Waals surface area contributed by atoms with Crippen molar-refractivity contribution < 1.29 is 13.1 Å². The molecule has 35 heavy (non-hydrogen) atoms. The molecule has 0 N–H and O–H groups in total. The SMILES string of the molecule is Cc1cccc(C)c1N=C1CCCc2cc3c(nc21)C(=Nc1c(C)cccc1C)CCC3.[Cl][Fe][Cl]. The standard InChI is InChI=1S/C29H31N3.2ClH.Fe/c1-18-9-5-10-19(2)26(18)30-24-15-7-13-22-17-23-14-8-16-25(29(23)32-28(22)24)31-27-20(3)11-6-12-21(27)4;;;/h5-6,9-12,17H,7-8,13-16H2,1-4H3;2*1H;/q;;;+2/p-2. The van der Waals surface area contributed by atoms with E-state index in [1.54, 1.807) is 0 Å². The van der Waals surface area contributed by atoms with E-state index in [1.165, 1.54) is 33.4 Å². The van der Waals surface area contributed by atoms with Crippen LogP contribution >= 0.6 is 20.2 Å². The zero-order valence-corrected chi connectivity index (χ0v) is 23.4. The Labute approximate surface area is 223 Å². The Hall–Kier alpha value is -1.97. The van der Waals surface area contributed by atoms with Gasteiger partial charge in [-0.2, -0.15) is 0 Å². The fraction of sp³-hybridized carbons (Fsp3) is 0.345. The van der Waals surface area contributed by atoms with E-state index in [2.05, 4.69) is 70.2 Å². The van der Waals surface area contributed by atoms with Crippen LogP contribution in [0.2, 0.25) is 0 Å². The van der Waals surface area contributed by atoms with Crippen molar-refractivity contribution in [1.29, 1.82) is 0 Å². The number of halogens is 2. The van der Waals surface area contributed by atoms with Gasteiger partial charge in [-0.25, -0.2) is 4.98 Å². The molecule has 2 aliphatic carbocycles. The molecule has 0 saturated carbocycles.